The van der Waals surface area contributed by atoms with Crippen molar-refractivity contribution in [3.63, 3.8) is 0 Å². The molecule has 0 amide bonds. The monoisotopic (exact) mass is 241 g/mol. The molecule has 0 saturated heterocycles. The zero-order valence-corrected chi connectivity index (χ0v) is 9.49. The maximum Gasteiger partial charge on any atom is 0.325 e. The summed E-state index contributed by atoms with van der Waals surface area (Å²) >= 11 is 5.92. The van der Waals surface area contributed by atoms with E-state index in [4.69, 9.17) is 27.2 Å². The van der Waals surface area contributed by atoms with Gasteiger partial charge in [-0.15, -0.1) is 0 Å². The summed E-state index contributed by atoms with van der Waals surface area (Å²) in [6, 6.07) is 2.24. The highest BCUT2D eigenvalue weighted by molar-refractivity contribution is 6.30. The minimum atomic E-state index is -1.10. The van der Waals surface area contributed by atoms with E-state index in [-0.39, 0.29) is 6.10 Å². The van der Waals surface area contributed by atoms with Crippen molar-refractivity contribution in [1.29, 1.82) is 0 Å². The Labute approximate surface area is 98.0 Å². The minimum Gasteiger partial charge on any atom is -0.490 e. The van der Waals surface area contributed by atoms with Gasteiger partial charge in [-0.05, 0) is 24.6 Å². The van der Waals surface area contributed by atoms with E-state index in [0.29, 0.717) is 16.3 Å². The summed E-state index contributed by atoms with van der Waals surface area (Å²) in [5.74, 6) is -0.514. The lowest BCUT2D eigenvalue weighted by Gasteiger charge is -2.13. The van der Waals surface area contributed by atoms with E-state index < -0.39 is 12.0 Å². The maximum atomic E-state index is 10.9. The SMILES string of the molecule is CC1Cc2cc(Cl)cc(C(N)C(=O)O)c2O1. The molecule has 0 bridgehead atoms. The number of nitrogens with two attached hydrogens (primary N) is 1. The molecular formula is C11H12ClNO3. The van der Waals surface area contributed by atoms with Crippen molar-refractivity contribution in [3.05, 3.63) is 28.3 Å². The van der Waals surface area contributed by atoms with Crippen molar-refractivity contribution >= 4 is 17.6 Å². The number of carbonyl (C=O) groups is 1. The van der Waals surface area contributed by atoms with Crippen LogP contribution < -0.4 is 10.5 Å². The second-order valence-corrected chi connectivity index (χ2v) is 4.37. The van der Waals surface area contributed by atoms with Crippen LogP contribution in [0.25, 0.3) is 0 Å². The third-order valence-electron chi connectivity index (χ3n) is 2.59. The number of hydrogen-bond donors (Lipinski definition) is 2. The maximum absolute atomic E-state index is 10.9. The van der Waals surface area contributed by atoms with Gasteiger partial charge in [0.1, 0.15) is 17.9 Å². The first-order chi connectivity index (χ1) is 7.49. The topological polar surface area (TPSA) is 72.6 Å². The zero-order chi connectivity index (χ0) is 11.9. The van der Waals surface area contributed by atoms with E-state index in [1.165, 1.54) is 0 Å². The fourth-order valence-corrected chi connectivity index (χ4v) is 2.13. The number of carboxylic acid groups (broad SMARTS) is 1. The Morgan fingerprint density at radius 1 is 1.69 bits per heavy atom. The molecule has 1 aromatic carbocycles. The lowest BCUT2D eigenvalue weighted by Crippen LogP contribution is -2.21. The van der Waals surface area contributed by atoms with Crippen LogP contribution in [-0.2, 0) is 11.2 Å². The number of ether oxygens (including phenoxy) is 1. The first-order valence-corrected chi connectivity index (χ1v) is 5.34. The van der Waals surface area contributed by atoms with Crippen LogP contribution in [0.5, 0.6) is 5.75 Å². The van der Waals surface area contributed by atoms with Crippen molar-refractivity contribution in [2.45, 2.75) is 25.5 Å². The Kier molecular flexibility index (Phi) is 2.78. The average Bonchev–Trinajstić information content (AvgIpc) is 2.55. The summed E-state index contributed by atoms with van der Waals surface area (Å²) in [5.41, 5.74) is 6.95. The molecule has 0 spiro atoms. The Bertz CT molecular complexity index is 447. The van der Waals surface area contributed by atoms with Gasteiger partial charge in [-0.25, -0.2) is 0 Å². The number of rotatable bonds is 2. The Balaban J connectivity index is 2.50. The summed E-state index contributed by atoms with van der Waals surface area (Å²) in [5, 5.41) is 9.39. The highest BCUT2D eigenvalue weighted by Gasteiger charge is 2.28. The highest BCUT2D eigenvalue weighted by Crippen LogP contribution is 2.37. The van der Waals surface area contributed by atoms with Crippen molar-refractivity contribution in [1.82, 2.24) is 0 Å². The van der Waals surface area contributed by atoms with Gasteiger partial charge < -0.3 is 15.6 Å². The fraction of sp³-hybridized carbons (Fsp3) is 0.364. The molecule has 0 aliphatic carbocycles. The Morgan fingerprint density at radius 3 is 3.00 bits per heavy atom. The first-order valence-electron chi connectivity index (χ1n) is 4.96. The number of carboxylic acids is 1. The molecule has 2 unspecified atom stereocenters. The largest absolute Gasteiger partial charge is 0.490 e. The van der Waals surface area contributed by atoms with Gasteiger partial charge in [-0.1, -0.05) is 11.6 Å². The molecule has 0 fully saturated rings. The van der Waals surface area contributed by atoms with Crippen LogP contribution in [0.1, 0.15) is 24.1 Å². The molecule has 86 valence electrons. The fourth-order valence-electron chi connectivity index (χ4n) is 1.89. The van der Waals surface area contributed by atoms with Crippen LogP contribution in [0.15, 0.2) is 12.1 Å². The van der Waals surface area contributed by atoms with Crippen LogP contribution in [0.2, 0.25) is 5.02 Å². The summed E-state index contributed by atoms with van der Waals surface area (Å²) in [6.45, 7) is 1.92. The van der Waals surface area contributed by atoms with E-state index in [1.807, 2.05) is 6.92 Å². The first kappa shape index (κ1) is 11.2. The third kappa shape index (κ3) is 1.86. The van der Waals surface area contributed by atoms with Gasteiger partial charge in [0.15, 0.2) is 0 Å². The molecule has 1 aromatic rings. The molecule has 0 radical (unpaired) electrons. The van der Waals surface area contributed by atoms with E-state index in [2.05, 4.69) is 0 Å². The summed E-state index contributed by atoms with van der Waals surface area (Å²) < 4.78 is 5.56. The van der Waals surface area contributed by atoms with Crippen molar-refractivity contribution in [2.24, 2.45) is 5.73 Å². The molecule has 2 rings (SSSR count). The Hall–Kier alpha value is -1.26. The Morgan fingerprint density at radius 2 is 2.38 bits per heavy atom. The minimum absolute atomic E-state index is 0.0354. The van der Waals surface area contributed by atoms with Crippen LogP contribution >= 0.6 is 11.6 Å². The van der Waals surface area contributed by atoms with Crippen molar-refractivity contribution in [3.8, 4) is 5.75 Å². The van der Waals surface area contributed by atoms with Crippen LogP contribution in [0.4, 0.5) is 0 Å². The third-order valence-corrected chi connectivity index (χ3v) is 2.81. The summed E-state index contributed by atoms with van der Waals surface area (Å²) in [6.07, 6.45) is 0.767. The number of fused-ring (bicyclic) bond motifs is 1. The van der Waals surface area contributed by atoms with Gasteiger partial charge in [0, 0.05) is 17.0 Å². The van der Waals surface area contributed by atoms with Gasteiger partial charge in [0.2, 0.25) is 0 Å². The number of hydrogen-bond acceptors (Lipinski definition) is 3. The molecular weight excluding hydrogens is 230 g/mol. The predicted molar refractivity (Wildman–Crippen MR) is 59.8 cm³/mol. The van der Waals surface area contributed by atoms with Crippen LogP contribution in [0, 0.1) is 0 Å². The molecule has 5 heteroatoms. The van der Waals surface area contributed by atoms with Gasteiger partial charge in [0.05, 0.1) is 0 Å². The van der Waals surface area contributed by atoms with Gasteiger partial charge >= 0.3 is 5.97 Å². The second kappa shape index (κ2) is 3.96. The molecule has 4 nitrogen and oxygen atoms in total. The van der Waals surface area contributed by atoms with E-state index >= 15 is 0 Å². The second-order valence-electron chi connectivity index (χ2n) is 3.93. The number of aliphatic carboxylic acids is 1. The van der Waals surface area contributed by atoms with Crippen molar-refractivity contribution < 1.29 is 14.6 Å². The molecule has 0 aromatic heterocycles. The molecule has 1 heterocycles. The van der Waals surface area contributed by atoms with E-state index in [1.54, 1.807) is 12.1 Å². The normalized spacial score (nSPS) is 20.1. The quantitative estimate of drug-likeness (QED) is 0.827. The van der Waals surface area contributed by atoms with E-state index in [9.17, 15) is 4.79 Å². The highest BCUT2D eigenvalue weighted by atomic mass is 35.5. The summed E-state index contributed by atoms with van der Waals surface area (Å²) in [4.78, 5) is 10.9. The van der Waals surface area contributed by atoms with Crippen LogP contribution in [-0.4, -0.2) is 17.2 Å². The molecule has 1 aliphatic heterocycles. The molecule has 1 aliphatic rings. The number of benzene rings is 1. The molecule has 16 heavy (non-hydrogen) atoms. The summed E-state index contributed by atoms with van der Waals surface area (Å²) in [7, 11) is 0. The lowest BCUT2D eigenvalue weighted by atomic mass is 10.0. The smallest absolute Gasteiger partial charge is 0.325 e. The van der Waals surface area contributed by atoms with Gasteiger partial charge in [-0.2, -0.15) is 0 Å². The standard InChI is InChI=1S/C11H12ClNO3/c1-5-2-6-3-7(12)4-8(10(6)16-5)9(13)11(14)15/h3-5,9H,2,13H2,1H3,(H,14,15). The average molecular weight is 242 g/mol. The van der Waals surface area contributed by atoms with Gasteiger partial charge in [0.25, 0.3) is 0 Å². The van der Waals surface area contributed by atoms with Crippen LogP contribution in [0.3, 0.4) is 0 Å². The predicted octanol–water partition coefficient (Wildman–Crippen LogP) is 1.75. The molecule has 3 N–H and O–H groups in total. The molecule has 0 saturated carbocycles. The number of halogens is 1. The van der Waals surface area contributed by atoms with Crippen molar-refractivity contribution in [2.75, 3.05) is 0 Å². The van der Waals surface area contributed by atoms with Gasteiger partial charge in [-0.3, -0.25) is 4.79 Å². The lowest BCUT2D eigenvalue weighted by molar-refractivity contribution is -0.138. The zero-order valence-electron chi connectivity index (χ0n) is 8.74. The van der Waals surface area contributed by atoms with E-state index in [0.717, 1.165) is 12.0 Å². The molecule has 2 atom stereocenters.